The number of hydrogen-bond donors (Lipinski definition) is 1. The first-order valence-electron chi connectivity index (χ1n) is 12.7. The first-order valence-corrected chi connectivity index (χ1v) is 14.4. The number of epoxide rings is 1. The van der Waals surface area contributed by atoms with Gasteiger partial charge in [0.25, 0.3) is 5.91 Å². The van der Waals surface area contributed by atoms with Crippen molar-refractivity contribution in [2.45, 2.75) is 81.9 Å². The summed E-state index contributed by atoms with van der Waals surface area (Å²) in [5.41, 5.74) is -0.998. The first-order chi connectivity index (χ1) is 16.5. The fourth-order valence-corrected chi connectivity index (χ4v) is 8.34. The lowest BCUT2D eigenvalue weighted by molar-refractivity contribution is -0.141. The summed E-state index contributed by atoms with van der Waals surface area (Å²) in [5.74, 6) is 0.798. The molecule has 0 radical (unpaired) electrons. The van der Waals surface area contributed by atoms with Gasteiger partial charge in [0.15, 0.2) is 9.84 Å². The van der Waals surface area contributed by atoms with E-state index in [0.717, 1.165) is 50.2 Å². The van der Waals surface area contributed by atoms with Gasteiger partial charge in [0.2, 0.25) is 0 Å². The van der Waals surface area contributed by atoms with E-state index in [9.17, 15) is 26.4 Å². The highest BCUT2D eigenvalue weighted by atomic mass is 32.2. The van der Waals surface area contributed by atoms with Gasteiger partial charge in [0.05, 0.1) is 34.9 Å². The molecule has 35 heavy (non-hydrogen) atoms. The number of ether oxygens (including phenoxy) is 1. The molecule has 3 aliphatic carbocycles. The minimum atomic E-state index is -4.59. The Kier molecular flexibility index (Phi) is 6.66. The van der Waals surface area contributed by atoms with E-state index in [4.69, 9.17) is 4.74 Å². The molecule has 4 fully saturated rings. The molecule has 1 aromatic rings. The number of aromatic nitrogens is 1. The molecule has 1 aliphatic heterocycles. The van der Waals surface area contributed by atoms with Crippen LogP contribution >= 0.6 is 0 Å². The van der Waals surface area contributed by atoms with Crippen molar-refractivity contribution < 1.29 is 31.1 Å². The second-order valence-electron chi connectivity index (χ2n) is 11.0. The Labute approximate surface area is 204 Å². The number of pyridine rings is 1. The van der Waals surface area contributed by atoms with E-state index in [0.29, 0.717) is 18.9 Å². The van der Waals surface area contributed by atoms with E-state index in [1.54, 1.807) is 0 Å². The number of sulfone groups is 1. The normalized spacial score (nSPS) is 30.1. The smallest absolute Gasteiger partial charge is 0.371 e. The van der Waals surface area contributed by atoms with Crippen LogP contribution < -0.4 is 5.32 Å². The zero-order valence-electron chi connectivity index (χ0n) is 19.9. The van der Waals surface area contributed by atoms with E-state index in [-0.39, 0.29) is 35.0 Å². The lowest BCUT2D eigenvalue weighted by atomic mass is 9.74. The molecule has 4 aliphatic rings. The number of nitrogens with zero attached hydrogens (tertiary/aromatic N) is 1. The second-order valence-corrected chi connectivity index (χ2v) is 13.3. The van der Waals surface area contributed by atoms with Crippen LogP contribution in [0.4, 0.5) is 13.2 Å². The minimum absolute atomic E-state index is 0.0130. The molecule has 5 atom stereocenters. The molecule has 0 bridgehead atoms. The van der Waals surface area contributed by atoms with E-state index in [1.165, 1.54) is 19.8 Å². The first kappa shape index (κ1) is 25.0. The molecule has 0 spiro atoms. The Bertz CT molecular complexity index is 1060. The summed E-state index contributed by atoms with van der Waals surface area (Å²) in [7, 11) is -3.33. The van der Waals surface area contributed by atoms with Crippen molar-refractivity contribution in [3.05, 3.63) is 29.1 Å². The number of hydrogen-bond acceptors (Lipinski definition) is 5. The molecule has 1 amide bonds. The summed E-state index contributed by atoms with van der Waals surface area (Å²) in [6.07, 6.45) is 2.80. The highest BCUT2D eigenvalue weighted by Gasteiger charge is 2.49. The molecule has 194 valence electrons. The molecular formula is C25H33F3N2O4S. The summed E-state index contributed by atoms with van der Waals surface area (Å²) in [6.45, 7) is 1.82. The molecule has 1 saturated heterocycles. The van der Waals surface area contributed by atoms with Gasteiger partial charge < -0.3 is 10.1 Å². The van der Waals surface area contributed by atoms with Crippen molar-refractivity contribution in [3.8, 4) is 0 Å². The van der Waals surface area contributed by atoms with E-state index >= 15 is 0 Å². The quantitative estimate of drug-likeness (QED) is 0.496. The number of halogens is 3. The Morgan fingerprint density at radius 1 is 1.11 bits per heavy atom. The number of alkyl halides is 3. The maximum absolute atomic E-state index is 13.4. The number of carbonyl (C=O) groups is 1. The zero-order chi connectivity index (χ0) is 25.0. The summed E-state index contributed by atoms with van der Waals surface area (Å²) < 4.78 is 71.4. The number of rotatable bonds is 9. The lowest BCUT2D eigenvalue weighted by Crippen LogP contribution is -2.52. The number of amides is 1. The van der Waals surface area contributed by atoms with Crippen LogP contribution in [0.3, 0.4) is 0 Å². The number of carbonyl (C=O) groups excluding carboxylic acids is 1. The van der Waals surface area contributed by atoms with Crippen LogP contribution in [0.2, 0.25) is 0 Å². The van der Waals surface area contributed by atoms with Crippen molar-refractivity contribution in [1.82, 2.24) is 10.3 Å². The Balaban J connectivity index is 1.38. The van der Waals surface area contributed by atoms with Crippen molar-refractivity contribution in [2.75, 3.05) is 12.4 Å². The van der Waals surface area contributed by atoms with Gasteiger partial charge in [-0.25, -0.2) is 13.4 Å². The minimum Gasteiger partial charge on any atom is -0.371 e. The number of aryl methyl sites for hydroxylation is 1. The highest BCUT2D eigenvalue weighted by molar-refractivity contribution is 7.92. The molecule has 1 aromatic heterocycles. The van der Waals surface area contributed by atoms with Crippen LogP contribution in [0.15, 0.2) is 12.1 Å². The van der Waals surface area contributed by atoms with Crippen LogP contribution in [0.1, 0.15) is 73.1 Å². The Hall–Kier alpha value is -1.68. The van der Waals surface area contributed by atoms with Gasteiger partial charge in [0, 0.05) is 0 Å². The lowest BCUT2D eigenvalue weighted by Gasteiger charge is -2.40. The molecule has 2 heterocycles. The fourth-order valence-electron chi connectivity index (χ4n) is 5.79. The molecule has 6 nitrogen and oxygen atoms in total. The van der Waals surface area contributed by atoms with E-state index in [2.05, 4.69) is 10.3 Å². The molecular weight excluding hydrogens is 481 g/mol. The van der Waals surface area contributed by atoms with Crippen LogP contribution in [0.25, 0.3) is 0 Å². The van der Waals surface area contributed by atoms with E-state index in [1.807, 2.05) is 0 Å². The van der Waals surface area contributed by atoms with Gasteiger partial charge in [-0.2, -0.15) is 13.2 Å². The van der Waals surface area contributed by atoms with Crippen LogP contribution in [0.5, 0.6) is 0 Å². The maximum Gasteiger partial charge on any atom is 0.433 e. The molecule has 3 saturated carbocycles. The standard InChI is InChI=1S/C25H33F3N2O4S/c1-14-18(7-9-22(29-14)25(26,27)28)24(31)30-23(20-12-34-20)19-11-17(10-15-2-3-15)6-8-21(19)35(32,33)13-16-4-5-16/h7,9,15-17,19-21,23H,2-6,8,10-13H2,1H3,(H,30,31). The SMILES string of the molecule is Cc1nc(C(F)(F)F)ccc1C(=O)NC(C1CO1)C1CC(CC2CC2)CCC1S(=O)(=O)CC1CC1. The molecule has 5 unspecified atom stereocenters. The summed E-state index contributed by atoms with van der Waals surface area (Å²) in [6, 6.07) is 1.45. The Morgan fingerprint density at radius 2 is 1.77 bits per heavy atom. The molecule has 0 aromatic carbocycles. The van der Waals surface area contributed by atoms with Gasteiger partial charge in [0.1, 0.15) is 11.8 Å². The van der Waals surface area contributed by atoms with E-state index < -0.39 is 38.9 Å². The summed E-state index contributed by atoms with van der Waals surface area (Å²) in [5, 5.41) is 2.45. The average molecular weight is 515 g/mol. The van der Waals surface area contributed by atoms with Crippen molar-refractivity contribution >= 4 is 15.7 Å². The summed E-state index contributed by atoms with van der Waals surface area (Å²) >= 11 is 0. The predicted octanol–water partition coefficient (Wildman–Crippen LogP) is 4.32. The van der Waals surface area contributed by atoms with Crippen LogP contribution in [0, 0.1) is 30.6 Å². The van der Waals surface area contributed by atoms with Gasteiger partial charge >= 0.3 is 6.18 Å². The topological polar surface area (TPSA) is 88.7 Å². The van der Waals surface area contributed by atoms with Gasteiger partial charge in [-0.15, -0.1) is 0 Å². The summed E-state index contributed by atoms with van der Waals surface area (Å²) in [4.78, 5) is 16.8. The monoisotopic (exact) mass is 514 g/mol. The van der Waals surface area contributed by atoms with Crippen LogP contribution in [-0.2, 0) is 20.8 Å². The largest absolute Gasteiger partial charge is 0.433 e. The molecule has 5 rings (SSSR count). The van der Waals surface area contributed by atoms with Gasteiger partial charge in [-0.05, 0) is 81.3 Å². The van der Waals surface area contributed by atoms with Gasteiger partial charge in [-0.1, -0.05) is 12.8 Å². The fraction of sp³-hybridized carbons (Fsp3) is 0.760. The molecule has 10 heteroatoms. The third-order valence-electron chi connectivity index (χ3n) is 8.07. The highest BCUT2D eigenvalue weighted by Crippen LogP contribution is 2.46. The third-order valence-corrected chi connectivity index (χ3v) is 10.5. The number of nitrogens with one attached hydrogen (secondary N) is 1. The van der Waals surface area contributed by atoms with Gasteiger partial charge in [-0.3, -0.25) is 4.79 Å². The molecule has 1 N–H and O–H groups in total. The van der Waals surface area contributed by atoms with Crippen molar-refractivity contribution in [3.63, 3.8) is 0 Å². The second kappa shape index (κ2) is 9.32. The maximum atomic E-state index is 13.4. The third kappa shape index (κ3) is 6.01. The predicted molar refractivity (Wildman–Crippen MR) is 123 cm³/mol. The average Bonchev–Trinajstić information content (AvgIpc) is 3.62. The van der Waals surface area contributed by atoms with Crippen LogP contribution in [-0.4, -0.2) is 49.1 Å². The van der Waals surface area contributed by atoms with Crippen molar-refractivity contribution in [1.29, 1.82) is 0 Å². The Morgan fingerprint density at radius 3 is 2.34 bits per heavy atom. The van der Waals surface area contributed by atoms with Crippen molar-refractivity contribution in [2.24, 2.45) is 23.7 Å². The zero-order valence-corrected chi connectivity index (χ0v) is 20.7.